The van der Waals surface area contributed by atoms with Gasteiger partial charge in [-0.25, -0.2) is 0 Å². The van der Waals surface area contributed by atoms with Gasteiger partial charge in [-0.1, -0.05) is 43.3 Å². The molecule has 0 aromatic carbocycles. The Bertz CT molecular complexity index is 137. The lowest BCUT2D eigenvalue weighted by atomic mass is 10.3. The topological polar surface area (TPSA) is 0 Å². The maximum Gasteiger partial charge on any atom is 0.124 e. The van der Waals surface area contributed by atoms with Crippen LogP contribution in [-0.4, -0.2) is 8.07 Å². The van der Waals surface area contributed by atoms with E-state index in [1.165, 1.54) is 25.3 Å². The van der Waals surface area contributed by atoms with Crippen molar-refractivity contribution in [3.63, 3.8) is 0 Å². The summed E-state index contributed by atoms with van der Waals surface area (Å²) in [7, 11) is -1.46. The van der Waals surface area contributed by atoms with Gasteiger partial charge in [0.2, 0.25) is 0 Å². The van der Waals surface area contributed by atoms with E-state index in [0.29, 0.717) is 0 Å². The summed E-state index contributed by atoms with van der Waals surface area (Å²) in [6.45, 7) is 13.8. The Morgan fingerprint density at radius 2 is 1.50 bits per heavy atom. The molecule has 0 atom stereocenters. The van der Waals surface area contributed by atoms with Crippen LogP contribution in [-0.2, 0) is 0 Å². The third-order valence-electron chi connectivity index (χ3n) is 2.35. The predicted octanol–water partition coefficient (Wildman–Crippen LogP) is 3.80. The van der Waals surface area contributed by atoms with Crippen molar-refractivity contribution < 1.29 is 0 Å². The van der Waals surface area contributed by atoms with Crippen molar-refractivity contribution in [3.05, 3.63) is 36.8 Å². The van der Waals surface area contributed by atoms with Gasteiger partial charge < -0.3 is 0 Å². The van der Waals surface area contributed by atoms with Crippen LogP contribution in [0.4, 0.5) is 0 Å². The maximum atomic E-state index is 3.87. The van der Waals surface area contributed by atoms with Crippen LogP contribution in [0.25, 0.3) is 0 Å². The molecular weight excluding hydrogens is 160 g/mol. The van der Waals surface area contributed by atoms with Crippen molar-refractivity contribution in [2.24, 2.45) is 0 Å². The average Bonchev–Trinajstić information content (AvgIpc) is 2.14. The van der Waals surface area contributed by atoms with Gasteiger partial charge in [-0.05, 0) is 6.04 Å². The van der Waals surface area contributed by atoms with Crippen LogP contribution < -0.4 is 0 Å². The molecule has 0 unspecified atom stereocenters. The molecule has 0 fully saturated rings. The van der Waals surface area contributed by atoms with E-state index in [9.17, 15) is 0 Å². The summed E-state index contributed by atoms with van der Waals surface area (Å²) in [4.78, 5) is 0. The van der Waals surface area contributed by atoms with Crippen LogP contribution in [0.15, 0.2) is 36.8 Å². The van der Waals surface area contributed by atoms with Crippen LogP contribution in [0.1, 0.15) is 26.2 Å². The molecule has 0 amide bonds. The molecule has 0 aliphatic heterocycles. The second-order valence-electron chi connectivity index (χ2n) is 3.18. The van der Waals surface area contributed by atoms with Crippen molar-refractivity contribution in [1.29, 1.82) is 0 Å². The first-order valence-electron chi connectivity index (χ1n) is 4.65. The van der Waals surface area contributed by atoms with E-state index in [4.69, 9.17) is 0 Å². The van der Waals surface area contributed by atoms with E-state index in [-0.39, 0.29) is 0 Å². The fourth-order valence-corrected chi connectivity index (χ4v) is 3.21. The minimum absolute atomic E-state index is 1.23. The fourth-order valence-electron chi connectivity index (χ4n) is 1.24. The number of unbranched alkanes of at least 4 members (excludes halogenated alkanes) is 2. The zero-order chi connectivity index (χ0) is 9.45. The Hall–Kier alpha value is -0.563. The molecule has 0 saturated heterocycles. The highest BCUT2D eigenvalue weighted by Crippen LogP contribution is 2.17. The molecule has 0 aromatic heterocycles. The Balaban J connectivity index is 4.02. The molecule has 0 bridgehead atoms. The average molecular weight is 180 g/mol. The molecule has 0 rings (SSSR count). The van der Waals surface area contributed by atoms with E-state index in [0.717, 1.165) is 0 Å². The molecular formula is C11H20Si. The summed E-state index contributed by atoms with van der Waals surface area (Å²) < 4.78 is 0. The molecule has 0 aliphatic rings. The van der Waals surface area contributed by atoms with Gasteiger partial charge in [0.15, 0.2) is 0 Å². The molecule has 0 nitrogen and oxygen atoms in total. The lowest BCUT2D eigenvalue weighted by Crippen LogP contribution is -2.26. The van der Waals surface area contributed by atoms with Crippen molar-refractivity contribution in [1.82, 2.24) is 0 Å². The Kier molecular flexibility index (Phi) is 5.73. The first-order valence-corrected chi connectivity index (χ1v) is 7.09. The minimum atomic E-state index is -1.46. The van der Waals surface area contributed by atoms with Gasteiger partial charge in [0, 0.05) is 0 Å². The lowest BCUT2D eigenvalue weighted by molar-refractivity contribution is 0.765. The largest absolute Gasteiger partial charge is 0.124 e. The molecule has 0 aliphatic carbocycles. The Morgan fingerprint density at radius 1 is 1.00 bits per heavy atom. The summed E-state index contributed by atoms with van der Waals surface area (Å²) in [6, 6.07) is 1.23. The summed E-state index contributed by atoms with van der Waals surface area (Å²) >= 11 is 0. The quantitative estimate of drug-likeness (QED) is 0.413. The molecule has 12 heavy (non-hydrogen) atoms. The lowest BCUT2D eigenvalue weighted by Gasteiger charge is -2.18. The van der Waals surface area contributed by atoms with Gasteiger partial charge in [-0.3, -0.25) is 0 Å². The van der Waals surface area contributed by atoms with Gasteiger partial charge in [0.25, 0.3) is 0 Å². The molecule has 0 spiro atoms. The summed E-state index contributed by atoms with van der Waals surface area (Å²) in [5, 5.41) is 0. The number of hydrogen-bond acceptors (Lipinski definition) is 0. The third kappa shape index (κ3) is 3.22. The molecule has 0 N–H and O–H groups in total. The SMILES string of the molecule is C=C[Si](C=C)(C=C)CCCCC. The zero-order valence-corrected chi connectivity index (χ0v) is 9.18. The molecule has 0 aromatic rings. The van der Waals surface area contributed by atoms with Crippen molar-refractivity contribution in [2.75, 3.05) is 0 Å². The highest BCUT2D eigenvalue weighted by molar-refractivity contribution is 6.93. The van der Waals surface area contributed by atoms with Crippen LogP contribution >= 0.6 is 0 Å². The van der Waals surface area contributed by atoms with E-state index in [1.807, 2.05) is 0 Å². The van der Waals surface area contributed by atoms with Crippen molar-refractivity contribution in [3.8, 4) is 0 Å². The van der Waals surface area contributed by atoms with E-state index in [2.05, 4.69) is 43.8 Å². The van der Waals surface area contributed by atoms with E-state index >= 15 is 0 Å². The molecule has 1 heteroatoms. The zero-order valence-electron chi connectivity index (χ0n) is 8.18. The summed E-state index contributed by atoms with van der Waals surface area (Å²) in [6.07, 6.45) is 3.87. The van der Waals surface area contributed by atoms with Crippen molar-refractivity contribution in [2.45, 2.75) is 32.2 Å². The van der Waals surface area contributed by atoms with Crippen LogP contribution in [0.2, 0.25) is 6.04 Å². The standard InChI is InChI=1S/C11H20Si/c1-5-9-10-11-12(6-2,7-3)8-4/h6-8H,2-5,9-11H2,1H3. The minimum Gasteiger partial charge on any atom is -0.106 e. The van der Waals surface area contributed by atoms with Crippen LogP contribution in [0.3, 0.4) is 0 Å². The van der Waals surface area contributed by atoms with Gasteiger partial charge >= 0.3 is 0 Å². The van der Waals surface area contributed by atoms with E-state index < -0.39 is 8.07 Å². The monoisotopic (exact) mass is 180 g/mol. The van der Waals surface area contributed by atoms with Gasteiger partial charge in [0.1, 0.15) is 8.07 Å². The normalized spacial score (nSPS) is 10.8. The maximum absolute atomic E-state index is 3.87. The predicted molar refractivity (Wildman–Crippen MR) is 60.7 cm³/mol. The van der Waals surface area contributed by atoms with Crippen LogP contribution in [0.5, 0.6) is 0 Å². The number of rotatable bonds is 7. The second kappa shape index (κ2) is 6.01. The van der Waals surface area contributed by atoms with Crippen LogP contribution in [0, 0.1) is 0 Å². The molecule has 0 heterocycles. The second-order valence-corrected chi connectivity index (χ2v) is 7.13. The fraction of sp³-hybridized carbons (Fsp3) is 0.455. The summed E-state index contributed by atoms with van der Waals surface area (Å²) in [5.41, 5.74) is 6.22. The smallest absolute Gasteiger partial charge is 0.106 e. The summed E-state index contributed by atoms with van der Waals surface area (Å²) in [5.74, 6) is 0. The van der Waals surface area contributed by atoms with Gasteiger partial charge in [-0.2, -0.15) is 0 Å². The highest BCUT2D eigenvalue weighted by Gasteiger charge is 2.19. The number of hydrogen-bond donors (Lipinski definition) is 0. The molecule has 68 valence electrons. The molecule has 0 radical (unpaired) electrons. The molecule has 0 saturated carbocycles. The first-order chi connectivity index (χ1) is 5.74. The third-order valence-corrected chi connectivity index (χ3v) is 5.85. The van der Waals surface area contributed by atoms with Gasteiger partial charge in [0.05, 0.1) is 0 Å². The van der Waals surface area contributed by atoms with Gasteiger partial charge in [-0.15, -0.1) is 19.7 Å². The Morgan fingerprint density at radius 3 is 1.83 bits per heavy atom. The first kappa shape index (κ1) is 11.4. The Labute approximate surface area is 77.7 Å². The van der Waals surface area contributed by atoms with E-state index in [1.54, 1.807) is 0 Å². The van der Waals surface area contributed by atoms with Crippen molar-refractivity contribution >= 4 is 8.07 Å². The highest BCUT2D eigenvalue weighted by atomic mass is 28.3.